The number of hydrogen-bond donors (Lipinski definition) is 1. The van der Waals surface area contributed by atoms with E-state index >= 15 is 0 Å². The highest BCUT2D eigenvalue weighted by molar-refractivity contribution is 7.98. The van der Waals surface area contributed by atoms with Crippen molar-refractivity contribution in [2.75, 3.05) is 14.2 Å². The zero-order valence-electron chi connectivity index (χ0n) is 18.2. The SMILES string of the molecule is COc1cc(SCc2sc(-c3ccc(C(F)(F)F)cc3)nc2C)c(OC)cc1CCC(=O)O. The van der Waals surface area contributed by atoms with Crippen LogP contribution in [0.3, 0.4) is 0 Å². The standard InChI is InChI=1S/C23H22F3NO4S2/c1-13-20(33-22(27-13)14-4-7-16(8-5-14)23(24,25)26)12-32-19-11-17(30-2)15(6-9-21(28)29)10-18(19)31-3/h4-5,7-8,10-11H,6,9,12H2,1-3H3,(H,28,29). The number of rotatable bonds is 9. The summed E-state index contributed by atoms with van der Waals surface area (Å²) in [6.07, 6.45) is -4.06. The van der Waals surface area contributed by atoms with E-state index < -0.39 is 17.7 Å². The molecule has 0 saturated carbocycles. The first kappa shape index (κ1) is 24.9. The second kappa shape index (κ2) is 10.5. The monoisotopic (exact) mass is 497 g/mol. The maximum Gasteiger partial charge on any atom is 0.416 e. The number of aliphatic carboxylic acids is 1. The Kier molecular flexibility index (Phi) is 7.91. The van der Waals surface area contributed by atoms with Crippen LogP contribution in [0.25, 0.3) is 10.6 Å². The van der Waals surface area contributed by atoms with Crippen LogP contribution in [0.15, 0.2) is 41.3 Å². The van der Waals surface area contributed by atoms with Gasteiger partial charge in [-0.3, -0.25) is 4.79 Å². The van der Waals surface area contributed by atoms with Crippen molar-refractivity contribution in [2.45, 2.75) is 36.6 Å². The third-order valence-electron chi connectivity index (χ3n) is 4.89. The first-order chi connectivity index (χ1) is 15.6. The number of thiazole rings is 1. The summed E-state index contributed by atoms with van der Waals surface area (Å²) in [5.74, 6) is 0.898. The van der Waals surface area contributed by atoms with E-state index in [4.69, 9.17) is 14.6 Å². The molecule has 0 radical (unpaired) electrons. The fourth-order valence-corrected chi connectivity index (χ4v) is 5.36. The quantitative estimate of drug-likeness (QED) is 0.342. The maximum absolute atomic E-state index is 12.8. The summed E-state index contributed by atoms with van der Waals surface area (Å²) in [4.78, 5) is 17.3. The van der Waals surface area contributed by atoms with Gasteiger partial charge in [-0.25, -0.2) is 4.98 Å². The Morgan fingerprint density at radius 1 is 1.12 bits per heavy atom. The van der Waals surface area contributed by atoms with Crippen molar-refractivity contribution in [1.82, 2.24) is 4.98 Å². The molecule has 0 aliphatic heterocycles. The fourth-order valence-electron chi connectivity index (χ4n) is 3.11. The van der Waals surface area contributed by atoms with Crippen molar-refractivity contribution in [3.8, 4) is 22.1 Å². The van der Waals surface area contributed by atoms with Gasteiger partial charge in [-0.05, 0) is 43.2 Å². The van der Waals surface area contributed by atoms with Crippen molar-refractivity contribution in [1.29, 1.82) is 0 Å². The number of thioether (sulfide) groups is 1. The van der Waals surface area contributed by atoms with Gasteiger partial charge in [-0.1, -0.05) is 12.1 Å². The Morgan fingerprint density at radius 3 is 2.36 bits per heavy atom. The highest BCUT2D eigenvalue weighted by Crippen LogP contribution is 2.40. The predicted octanol–water partition coefficient (Wildman–Crippen LogP) is 6.46. The van der Waals surface area contributed by atoms with Crippen LogP contribution in [-0.2, 0) is 23.1 Å². The molecular weight excluding hydrogens is 475 g/mol. The van der Waals surface area contributed by atoms with Gasteiger partial charge in [0.25, 0.3) is 0 Å². The molecule has 2 aromatic carbocycles. The molecule has 1 N–H and O–H groups in total. The largest absolute Gasteiger partial charge is 0.496 e. The normalized spacial score (nSPS) is 11.5. The minimum atomic E-state index is -4.37. The minimum absolute atomic E-state index is 0.0151. The van der Waals surface area contributed by atoms with Gasteiger partial charge in [0.05, 0.1) is 30.4 Å². The molecule has 0 fully saturated rings. The lowest BCUT2D eigenvalue weighted by Gasteiger charge is -2.14. The highest BCUT2D eigenvalue weighted by Gasteiger charge is 2.30. The Hall–Kier alpha value is -2.72. The van der Waals surface area contributed by atoms with Crippen molar-refractivity contribution >= 4 is 29.1 Å². The molecule has 1 aromatic heterocycles. The van der Waals surface area contributed by atoms with E-state index in [1.165, 1.54) is 42.3 Å². The van der Waals surface area contributed by atoms with Crippen LogP contribution in [0, 0.1) is 6.92 Å². The summed E-state index contributed by atoms with van der Waals surface area (Å²) in [6, 6.07) is 8.60. The Bertz CT molecular complexity index is 1130. The van der Waals surface area contributed by atoms with E-state index in [9.17, 15) is 18.0 Å². The zero-order chi connectivity index (χ0) is 24.2. The summed E-state index contributed by atoms with van der Waals surface area (Å²) in [6.45, 7) is 1.87. The molecule has 0 atom stereocenters. The summed E-state index contributed by atoms with van der Waals surface area (Å²) in [5.41, 5.74) is 1.50. The second-order valence-corrected chi connectivity index (χ2v) is 9.20. The molecule has 0 spiro atoms. The van der Waals surface area contributed by atoms with E-state index in [1.54, 1.807) is 13.2 Å². The third-order valence-corrected chi connectivity index (χ3v) is 7.34. The Labute approximate surface area is 197 Å². The summed E-state index contributed by atoms with van der Waals surface area (Å²) < 4.78 is 49.4. The zero-order valence-corrected chi connectivity index (χ0v) is 19.8. The van der Waals surface area contributed by atoms with Gasteiger partial charge in [-0.2, -0.15) is 13.2 Å². The summed E-state index contributed by atoms with van der Waals surface area (Å²) >= 11 is 2.95. The number of carboxylic acid groups (broad SMARTS) is 1. The van der Waals surface area contributed by atoms with Gasteiger partial charge in [0.15, 0.2) is 0 Å². The van der Waals surface area contributed by atoms with Crippen molar-refractivity contribution in [2.24, 2.45) is 0 Å². The number of alkyl halides is 3. The van der Waals surface area contributed by atoms with Crippen LogP contribution < -0.4 is 9.47 Å². The van der Waals surface area contributed by atoms with Gasteiger partial charge in [-0.15, -0.1) is 23.1 Å². The number of benzene rings is 2. The number of ether oxygens (including phenoxy) is 2. The lowest BCUT2D eigenvalue weighted by molar-refractivity contribution is -0.138. The van der Waals surface area contributed by atoms with Crippen LogP contribution in [0.5, 0.6) is 11.5 Å². The number of carboxylic acids is 1. The van der Waals surface area contributed by atoms with Crippen LogP contribution >= 0.6 is 23.1 Å². The molecule has 0 amide bonds. The number of aryl methyl sites for hydroxylation is 2. The fraction of sp³-hybridized carbons (Fsp3) is 0.304. The van der Waals surface area contributed by atoms with E-state index in [0.717, 1.165) is 33.2 Å². The smallest absolute Gasteiger partial charge is 0.416 e. The predicted molar refractivity (Wildman–Crippen MR) is 122 cm³/mol. The van der Waals surface area contributed by atoms with E-state index in [0.29, 0.717) is 34.2 Å². The molecule has 0 bridgehead atoms. The van der Waals surface area contributed by atoms with Gasteiger partial charge in [0.1, 0.15) is 16.5 Å². The van der Waals surface area contributed by atoms with E-state index in [-0.39, 0.29) is 6.42 Å². The van der Waals surface area contributed by atoms with Gasteiger partial charge in [0, 0.05) is 22.6 Å². The molecule has 176 valence electrons. The summed E-state index contributed by atoms with van der Waals surface area (Å²) in [5, 5.41) is 9.62. The molecule has 0 aliphatic carbocycles. The topological polar surface area (TPSA) is 68.7 Å². The molecule has 5 nitrogen and oxygen atoms in total. The van der Waals surface area contributed by atoms with Crippen molar-refractivity contribution in [3.05, 3.63) is 58.1 Å². The lowest BCUT2D eigenvalue weighted by atomic mass is 10.1. The molecule has 33 heavy (non-hydrogen) atoms. The van der Waals surface area contributed by atoms with Gasteiger partial charge in [0.2, 0.25) is 0 Å². The van der Waals surface area contributed by atoms with Crippen molar-refractivity contribution < 1.29 is 32.5 Å². The maximum atomic E-state index is 12.8. The van der Waals surface area contributed by atoms with Gasteiger partial charge >= 0.3 is 12.1 Å². The first-order valence-electron chi connectivity index (χ1n) is 9.85. The van der Waals surface area contributed by atoms with Gasteiger partial charge < -0.3 is 14.6 Å². The highest BCUT2D eigenvalue weighted by atomic mass is 32.2. The Morgan fingerprint density at radius 2 is 1.79 bits per heavy atom. The number of hydrogen-bond acceptors (Lipinski definition) is 6. The molecule has 10 heteroatoms. The second-order valence-electron chi connectivity index (χ2n) is 7.10. The molecule has 0 unspecified atom stereocenters. The van der Waals surface area contributed by atoms with Crippen LogP contribution in [-0.4, -0.2) is 30.3 Å². The van der Waals surface area contributed by atoms with Crippen LogP contribution in [0.2, 0.25) is 0 Å². The third kappa shape index (κ3) is 6.20. The number of carbonyl (C=O) groups is 1. The van der Waals surface area contributed by atoms with Crippen LogP contribution in [0.4, 0.5) is 13.2 Å². The Balaban J connectivity index is 1.78. The van der Waals surface area contributed by atoms with E-state index in [1.807, 2.05) is 13.0 Å². The molecule has 3 rings (SSSR count). The molecule has 3 aromatic rings. The number of nitrogens with zero attached hydrogens (tertiary/aromatic N) is 1. The number of halogens is 3. The van der Waals surface area contributed by atoms with Crippen molar-refractivity contribution in [3.63, 3.8) is 0 Å². The number of aromatic nitrogens is 1. The molecule has 0 aliphatic rings. The average molecular weight is 498 g/mol. The van der Waals surface area contributed by atoms with Crippen LogP contribution in [0.1, 0.15) is 28.1 Å². The first-order valence-corrected chi connectivity index (χ1v) is 11.7. The number of methoxy groups -OCH3 is 2. The molecule has 0 saturated heterocycles. The molecule has 1 heterocycles. The minimum Gasteiger partial charge on any atom is -0.496 e. The average Bonchev–Trinajstić information content (AvgIpc) is 3.15. The molecular formula is C23H22F3NO4S2. The van der Waals surface area contributed by atoms with E-state index in [2.05, 4.69) is 4.98 Å². The summed E-state index contributed by atoms with van der Waals surface area (Å²) in [7, 11) is 3.08. The lowest BCUT2D eigenvalue weighted by Crippen LogP contribution is -2.03.